The summed E-state index contributed by atoms with van der Waals surface area (Å²) in [5.41, 5.74) is 5.97. The summed E-state index contributed by atoms with van der Waals surface area (Å²) in [6.07, 6.45) is 0. The first-order valence-electron chi connectivity index (χ1n) is 14.9. The maximum atomic E-state index is 2.36. The van der Waals surface area contributed by atoms with Gasteiger partial charge in [0.2, 0.25) is 0 Å². The SMILES string of the molecule is CC(C)(c1ccccc1)c1ccc(N(c2ccccc2)c2ccc3c(ccc4ccc5c6ccccc6sc5c43)c2)cc1. The first-order chi connectivity index (χ1) is 21.1. The van der Waals surface area contributed by atoms with Gasteiger partial charge in [-0.15, -0.1) is 11.3 Å². The molecule has 0 aliphatic rings. The standard InChI is InChI=1S/C41H31NS/c1-41(2,30-11-5-3-6-12-30)31-20-22-33(23-21-31)42(32-13-7-4-8-14-32)34-24-26-35-29(27-34)18-17-28-19-25-37-36-15-9-10-16-38(36)43-40(37)39(28)35/h3-27H,1-2H3. The second kappa shape index (κ2) is 10.1. The molecule has 7 aromatic carbocycles. The highest BCUT2D eigenvalue weighted by atomic mass is 32.1. The van der Waals surface area contributed by atoms with E-state index >= 15 is 0 Å². The van der Waals surface area contributed by atoms with Crippen molar-refractivity contribution in [3.63, 3.8) is 0 Å². The zero-order chi connectivity index (χ0) is 29.0. The quantitative estimate of drug-likeness (QED) is 0.186. The molecule has 2 heteroatoms. The van der Waals surface area contributed by atoms with Crippen molar-refractivity contribution in [2.75, 3.05) is 4.90 Å². The predicted molar refractivity (Wildman–Crippen MR) is 188 cm³/mol. The Morgan fingerprint density at radius 2 is 1.05 bits per heavy atom. The lowest BCUT2D eigenvalue weighted by Crippen LogP contribution is -2.19. The molecule has 0 N–H and O–H groups in total. The molecule has 0 saturated heterocycles. The van der Waals surface area contributed by atoms with Crippen LogP contribution in [0.2, 0.25) is 0 Å². The normalized spacial score (nSPS) is 12.0. The first-order valence-corrected chi connectivity index (χ1v) is 15.7. The molecule has 43 heavy (non-hydrogen) atoms. The number of para-hydroxylation sites is 1. The summed E-state index contributed by atoms with van der Waals surface area (Å²) in [4.78, 5) is 2.36. The predicted octanol–water partition coefficient (Wildman–Crippen LogP) is 12.2. The molecule has 0 unspecified atom stereocenters. The number of fused-ring (bicyclic) bond motifs is 7. The van der Waals surface area contributed by atoms with E-state index in [1.54, 1.807) is 0 Å². The Bertz CT molecular complexity index is 2240. The molecule has 1 nitrogen and oxygen atoms in total. The number of rotatable bonds is 5. The molecule has 0 spiro atoms. The van der Waals surface area contributed by atoms with Gasteiger partial charge >= 0.3 is 0 Å². The molecule has 0 aliphatic carbocycles. The third kappa shape index (κ3) is 4.29. The summed E-state index contributed by atoms with van der Waals surface area (Å²) in [6, 6.07) is 55.3. The Hall–Kier alpha value is -4.92. The molecule has 1 aromatic heterocycles. The smallest absolute Gasteiger partial charge is 0.0468 e. The molecule has 0 bridgehead atoms. The van der Waals surface area contributed by atoms with E-state index in [0.29, 0.717) is 0 Å². The van der Waals surface area contributed by atoms with Crippen LogP contribution in [0.25, 0.3) is 41.7 Å². The third-order valence-corrected chi connectivity index (χ3v) is 10.1. The number of anilines is 3. The average molecular weight is 570 g/mol. The molecule has 8 rings (SSSR count). The molecule has 8 aromatic rings. The summed E-state index contributed by atoms with van der Waals surface area (Å²) in [5.74, 6) is 0. The molecule has 0 atom stereocenters. The molecule has 1 heterocycles. The van der Waals surface area contributed by atoms with Gasteiger partial charge in [0.25, 0.3) is 0 Å². The fourth-order valence-electron chi connectivity index (χ4n) is 6.53. The lowest BCUT2D eigenvalue weighted by Gasteiger charge is -2.29. The van der Waals surface area contributed by atoms with Crippen LogP contribution in [0.3, 0.4) is 0 Å². The Kier molecular flexibility index (Phi) is 6.06. The summed E-state index contributed by atoms with van der Waals surface area (Å²) in [7, 11) is 0. The van der Waals surface area contributed by atoms with Gasteiger partial charge < -0.3 is 4.90 Å². The van der Waals surface area contributed by atoms with Crippen LogP contribution in [0.5, 0.6) is 0 Å². The Morgan fingerprint density at radius 3 is 1.84 bits per heavy atom. The van der Waals surface area contributed by atoms with Gasteiger partial charge in [0.15, 0.2) is 0 Å². The van der Waals surface area contributed by atoms with Gasteiger partial charge in [-0.25, -0.2) is 0 Å². The fourth-order valence-corrected chi connectivity index (χ4v) is 7.80. The van der Waals surface area contributed by atoms with Crippen LogP contribution in [0.4, 0.5) is 17.1 Å². The first kappa shape index (κ1) is 25.8. The lowest BCUT2D eigenvalue weighted by molar-refractivity contribution is 0.641. The van der Waals surface area contributed by atoms with E-state index in [1.165, 1.54) is 52.8 Å². The summed E-state index contributed by atoms with van der Waals surface area (Å²) < 4.78 is 2.71. The largest absolute Gasteiger partial charge is 0.310 e. The Labute approximate surface area is 256 Å². The molecule has 206 valence electrons. The number of hydrogen-bond donors (Lipinski definition) is 0. The van der Waals surface area contributed by atoms with Crippen LogP contribution in [0.1, 0.15) is 25.0 Å². The fraction of sp³-hybridized carbons (Fsp3) is 0.0732. The van der Waals surface area contributed by atoms with E-state index in [2.05, 4.69) is 170 Å². The molecule has 0 amide bonds. The van der Waals surface area contributed by atoms with Crippen LogP contribution in [-0.4, -0.2) is 0 Å². The highest BCUT2D eigenvalue weighted by molar-refractivity contribution is 7.26. The van der Waals surface area contributed by atoms with Crippen molar-refractivity contribution in [2.45, 2.75) is 19.3 Å². The van der Waals surface area contributed by atoms with Gasteiger partial charge in [-0.2, -0.15) is 0 Å². The second-order valence-corrected chi connectivity index (χ2v) is 12.9. The zero-order valence-electron chi connectivity index (χ0n) is 24.3. The van der Waals surface area contributed by atoms with Crippen molar-refractivity contribution in [3.8, 4) is 0 Å². The molecule has 0 radical (unpaired) electrons. The van der Waals surface area contributed by atoms with E-state index in [1.807, 2.05) is 11.3 Å². The van der Waals surface area contributed by atoms with Gasteiger partial charge in [-0.05, 0) is 69.8 Å². The number of thiophene rings is 1. The van der Waals surface area contributed by atoms with E-state index < -0.39 is 0 Å². The van der Waals surface area contributed by atoms with Crippen LogP contribution in [-0.2, 0) is 5.41 Å². The molecule has 0 aliphatic heterocycles. The van der Waals surface area contributed by atoms with E-state index in [-0.39, 0.29) is 5.41 Å². The molecule has 0 fully saturated rings. The van der Waals surface area contributed by atoms with Crippen LogP contribution >= 0.6 is 11.3 Å². The monoisotopic (exact) mass is 569 g/mol. The third-order valence-electron chi connectivity index (χ3n) is 8.94. The van der Waals surface area contributed by atoms with Gasteiger partial charge in [0.1, 0.15) is 0 Å². The second-order valence-electron chi connectivity index (χ2n) is 11.8. The lowest BCUT2D eigenvalue weighted by atomic mass is 9.78. The molecule has 0 saturated carbocycles. The maximum Gasteiger partial charge on any atom is 0.0468 e. The van der Waals surface area contributed by atoms with E-state index in [0.717, 1.165) is 17.1 Å². The van der Waals surface area contributed by atoms with Gasteiger partial charge in [0, 0.05) is 48.0 Å². The highest BCUT2D eigenvalue weighted by Gasteiger charge is 2.23. The number of hydrogen-bond acceptors (Lipinski definition) is 2. The minimum absolute atomic E-state index is 0.0840. The van der Waals surface area contributed by atoms with Gasteiger partial charge in [-0.3, -0.25) is 0 Å². The van der Waals surface area contributed by atoms with E-state index in [9.17, 15) is 0 Å². The van der Waals surface area contributed by atoms with Crippen molar-refractivity contribution >= 4 is 70.1 Å². The minimum Gasteiger partial charge on any atom is -0.310 e. The Morgan fingerprint density at radius 1 is 0.465 bits per heavy atom. The van der Waals surface area contributed by atoms with Crippen molar-refractivity contribution in [1.82, 2.24) is 0 Å². The zero-order valence-corrected chi connectivity index (χ0v) is 25.1. The highest BCUT2D eigenvalue weighted by Crippen LogP contribution is 2.43. The summed E-state index contributed by atoms with van der Waals surface area (Å²) in [5, 5.41) is 7.86. The number of benzene rings is 7. The van der Waals surface area contributed by atoms with Crippen molar-refractivity contribution in [1.29, 1.82) is 0 Å². The Balaban J connectivity index is 1.27. The van der Waals surface area contributed by atoms with Gasteiger partial charge in [-0.1, -0.05) is 123 Å². The summed E-state index contributed by atoms with van der Waals surface area (Å²) >= 11 is 1.90. The van der Waals surface area contributed by atoms with Crippen molar-refractivity contribution in [3.05, 3.63) is 163 Å². The average Bonchev–Trinajstić information content (AvgIpc) is 3.45. The topological polar surface area (TPSA) is 3.24 Å². The molecular formula is C41H31NS. The summed E-state index contributed by atoms with van der Waals surface area (Å²) in [6.45, 7) is 4.60. The van der Waals surface area contributed by atoms with Crippen LogP contribution in [0, 0.1) is 0 Å². The van der Waals surface area contributed by atoms with Crippen LogP contribution in [0.15, 0.2) is 152 Å². The van der Waals surface area contributed by atoms with Crippen molar-refractivity contribution in [2.24, 2.45) is 0 Å². The maximum absolute atomic E-state index is 2.36. The molecular weight excluding hydrogens is 539 g/mol. The van der Waals surface area contributed by atoms with Gasteiger partial charge in [0.05, 0.1) is 0 Å². The minimum atomic E-state index is -0.0840. The van der Waals surface area contributed by atoms with E-state index in [4.69, 9.17) is 0 Å². The van der Waals surface area contributed by atoms with Crippen LogP contribution < -0.4 is 4.90 Å². The number of nitrogens with zero attached hydrogens (tertiary/aromatic N) is 1. The van der Waals surface area contributed by atoms with Crippen molar-refractivity contribution < 1.29 is 0 Å².